The summed E-state index contributed by atoms with van der Waals surface area (Å²) in [7, 11) is 0. The average molecular weight is 624 g/mol. The molecule has 10 heteroatoms. The molecule has 0 amide bonds. The smallest absolute Gasteiger partial charge is 0.338 e. The summed E-state index contributed by atoms with van der Waals surface area (Å²) in [4.78, 5) is 32.0. The molecule has 2 heterocycles. The van der Waals surface area contributed by atoms with Crippen molar-refractivity contribution in [3.8, 4) is 11.5 Å². The van der Waals surface area contributed by atoms with Gasteiger partial charge in [0.15, 0.2) is 16.3 Å². The van der Waals surface area contributed by atoms with Crippen LogP contribution in [0.3, 0.4) is 0 Å². The molecule has 0 N–H and O–H groups in total. The zero-order chi connectivity index (χ0) is 29.8. The number of carbonyl (C=O) groups is 1. The van der Waals surface area contributed by atoms with Crippen molar-refractivity contribution in [2.75, 3.05) is 13.2 Å². The lowest BCUT2D eigenvalue weighted by molar-refractivity contribution is -0.139. The van der Waals surface area contributed by atoms with E-state index in [1.807, 2.05) is 55.5 Å². The van der Waals surface area contributed by atoms with Gasteiger partial charge in [0.1, 0.15) is 6.61 Å². The van der Waals surface area contributed by atoms with Gasteiger partial charge in [-0.15, -0.1) is 0 Å². The first kappa shape index (κ1) is 29.6. The Bertz CT molecular complexity index is 1850. The first-order chi connectivity index (χ1) is 20.3. The highest BCUT2D eigenvalue weighted by atomic mass is 35.5. The number of aromatic nitrogens is 1. The molecule has 1 unspecified atom stereocenters. The lowest BCUT2D eigenvalue weighted by Gasteiger charge is -2.24. The number of thiazole rings is 1. The van der Waals surface area contributed by atoms with Crippen LogP contribution in [0, 0.1) is 0 Å². The van der Waals surface area contributed by atoms with Crippen molar-refractivity contribution in [1.29, 1.82) is 0 Å². The van der Waals surface area contributed by atoms with E-state index in [1.54, 1.807) is 42.7 Å². The molecule has 0 radical (unpaired) electrons. The van der Waals surface area contributed by atoms with Gasteiger partial charge in [-0.3, -0.25) is 9.36 Å². The Kier molecular flexibility index (Phi) is 9.16. The van der Waals surface area contributed by atoms with Crippen LogP contribution in [0.1, 0.15) is 43.5 Å². The normalized spacial score (nSPS) is 14.8. The molecule has 42 heavy (non-hydrogen) atoms. The largest absolute Gasteiger partial charge is 0.490 e. The molecule has 0 fully saturated rings. The van der Waals surface area contributed by atoms with Crippen molar-refractivity contribution in [3.63, 3.8) is 0 Å². The monoisotopic (exact) mass is 622 g/mol. The first-order valence-corrected chi connectivity index (χ1v) is 15.0. The van der Waals surface area contributed by atoms with Gasteiger partial charge < -0.3 is 14.2 Å². The Labute approximate surface area is 256 Å². The van der Waals surface area contributed by atoms with Crippen LogP contribution in [0.15, 0.2) is 87.8 Å². The average Bonchev–Trinajstić information content (AvgIpc) is 3.27. The van der Waals surface area contributed by atoms with Crippen LogP contribution in [0.5, 0.6) is 11.5 Å². The number of esters is 1. The molecule has 1 aromatic heterocycles. The highest BCUT2D eigenvalue weighted by Gasteiger charge is 2.33. The maximum absolute atomic E-state index is 13.9. The number of ether oxygens (including phenoxy) is 3. The molecule has 0 spiro atoms. The number of allylic oxidation sites excluding steroid dienone is 1. The number of carbonyl (C=O) groups excluding carboxylic acids is 1. The molecule has 3 aromatic carbocycles. The van der Waals surface area contributed by atoms with E-state index in [1.165, 1.54) is 11.3 Å². The molecule has 7 nitrogen and oxygen atoms in total. The molecule has 0 bridgehead atoms. The van der Waals surface area contributed by atoms with Crippen molar-refractivity contribution in [1.82, 2.24) is 4.57 Å². The predicted octanol–water partition coefficient (Wildman–Crippen LogP) is 6.08. The molecule has 1 atom stereocenters. The van der Waals surface area contributed by atoms with Gasteiger partial charge in [-0.1, -0.05) is 77.0 Å². The number of halogens is 2. The quantitative estimate of drug-likeness (QED) is 0.211. The summed E-state index contributed by atoms with van der Waals surface area (Å²) in [5.74, 6) is 0.589. The number of benzene rings is 3. The zero-order valence-corrected chi connectivity index (χ0v) is 25.6. The van der Waals surface area contributed by atoms with Gasteiger partial charge in [-0.05, 0) is 62.2 Å². The van der Waals surface area contributed by atoms with Crippen LogP contribution in [0.2, 0.25) is 10.0 Å². The van der Waals surface area contributed by atoms with Crippen molar-refractivity contribution < 1.29 is 19.0 Å². The fraction of sp³-hybridized carbons (Fsp3) is 0.219. The topological polar surface area (TPSA) is 79.1 Å². The van der Waals surface area contributed by atoms with E-state index >= 15 is 0 Å². The molecule has 0 saturated carbocycles. The fourth-order valence-corrected chi connectivity index (χ4v) is 6.20. The van der Waals surface area contributed by atoms with E-state index < -0.39 is 12.0 Å². The van der Waals surface area contributed by atoms with Crippen LogP contribution in [0.25, 0.3) is 6.08 Å². The second-order valence-electron chi connectivity index (χ2n) is 9.38. The van der Waals surface area contributed by atoms with E-state index in [0.29, 0.717) is 48.8 Å². The van der Waals surface area contributed by atoms with Crippen molar-refractivity contribution in [2.24, 2.45) is 4.99 Å². The Morgan fingerprint density at radius 3 is 2.50 bits per heavy atom. The third-order valence-corrected chi connectivity index (χ3v) is 8.17. The Hall–Kier alpha value is -3.85. The lowest BCUT2D eigenvalue weighted by atomic mass is 9.96. The van der Waals surface area contributed by atoms with Gasteiger partial charge in [-0.25, -0.2) is 9.79 Å². The van der Waals surface area contributed by atoms with Crippen LogP contribution in [-0.4, -0.2) is 23.8 Å². The third kappa shape index (κ3) is 6.16. The highest BCUT2D eigenvalue weighted by Crippen LogP contribution is 2.32. The molecule has 4 aromatic rings. The van der Waals surface area contributed by atoms with E-state index in [4.69, 9.17) is 37.4 Å². The molecule has 0 aliphatic carbocycles. The number of hydrogen-bond acceptors (Lipinski definition) is 7. The van der Waals surface area contributed by atoms with Crippen LogP contribution in [0.4, 0.5) is 0 Å². The molecule has 1 aliphatic rings. The van der Waals surface area contributed by atoms with Gasteiger partial charge in [0.25, 0.3) is 5.56 Å². The van der Waals surface area contributed by atoms with Gasteiger partial charge in [0.05, 0.1) is 35.1 Å². The highest BCUT2D eigenvalue weighted by molar-refractivity contribution is 7.07. The van der Waals surface area contributed by atoms with E-state index in [0.717, 1.165) is 16.7 Å². The predicted molar refractivity (Wildman–Crippen MR) is 165 cm³/mol. The SMILES string of the molecule is CCOC(=O)C1=C(C)N=c2s/c(=C/c3ccc(OCc4ccc(Cl)cc4Cl)c(OCC)c3)c(=O)n2C1c1ccccc1. The summed E-state index contributed by atoms with van der Waals surface area (Å²) in [6.07, 6.45) is 1.79. The van der Waals surface area contributed by atoms with E-state index in [9.17, 15) is 9.59 Å². The minimum atomic E-state index is -0.655. The fourth-order valence-electron chi connectivity index (χ4n) is 4.69. The lowest BCUT2D eigenvalue weighted by Crippen LogP contribution is -2.39. The summed E-state index contributed by atoms with van der Waals surface area (Å²) >= 11 is 13.6. The van der Waals surface area contributed by atoms with Gasteiger partial charge in [0.2, 0.25) is 0 Å². The van der Waals surface area contributed by atoms with Crippen LogP contribution >= 0.6 is 34.5 Å². The summed E-state index contributed by atoms with van der Waals surface area (Å²) in [5.41, 5.74) is 2.96. The second-order valence-corrected chi connectivity index (χ2v) is 11.2. The first-order valence-electron chi connectivity index (χ1n) is 13.4. The summed E-state index contributed by atoms with van der Waals surface area (Å²) in [6, 6.07) is 19.5. The molecule has 0 saturated heterocycles. The van der Waals surface area contributed by atoms with Crippen LogP contribution in [-0.2, 0) is 16.1 Å². The number of fused-ring (bicyclic) bond motifs is 1. The minimum absolute atomic E-state index is 0.218. The maximum atomic E-state index is 13.9. The van der Waals surface area contributed by atoms with Gasteiger partial charge in [-0.2, -0.15) is 0 Å². The third-order valence-electron chi connectivity index (χ3n) is 6.60. The number of hydrogen-bond donors (Lipinski definition) is 0. The summed E-state index contributed by atoms with van der Waals surface area (Å²) < 4.78 is 19.3. The minimum Gasteiger partial charge on any atom is -0.490 e. The Morgan fingerprint density at radius 1 is 1.00 bits per heavy atom. The standard InChI is InChI=1S/C32H28Cl2N2O5S/c1-4-39-26-15-20(11-14-25(26)41-18-22-12-13-23(33)17-24(22)34)16-27-30(37)36-29(21-9-7-6-8-10-21)28(31(38)40-5-2)19(3)35-32(36)42-27/h6-17,29H,4-5,18H2,1-3H3/b27-16+. The molecule has 5 rings (SSSR count). The number of nitrogens with zero attached hydrogens (tertiary/aromatic N) is 2. The van der Waals surface area contributed by atoms with E-state index in [2.05, 4.69) is 4.99 Å². The molecule has 216 valence electrons. The van der Waals surface area contributed by atoms with Crippen molar-refractivity contribution in [3.05, 3.63) is 124 Å². The van der Waals surface area contributed by atoms with Gasteiger partial charge >= 0.3 is 5.97 Å². The van der Waals surface area contributed by atoms with Crippen LogP contribution < -0.4 is 24.4 Å². The number of rotatable bonds is 9. The Balaban J connectivity index is 1.53. The summed E-state index contributed by atoms with van der Waals surface area (Å²) in [6.45, 7) is 6.28. The maximum Gasteiger partial charge on any atom is 0.338 e. The Morgan fingerprint density at radius 2 is 1.79 bits per heavy atom. The van der Waals surface area contributed by atoms with Gasteiger partial charge in [0, 0.05) is 15.6 Å². The van der Waals surface area contributed by atoms with Crippen molar-refractivity contribution in [2.45, 2.75) is 33.4 Å². The molecule has 1 aliphatic heterocycles. The summed E-state index contributed by atoms with van der Waals surface area (Å²) in [5, 5.41) is 1.07. The zero-order valence-electron chi connectivity index (χ0n) is 23.2. The second kappa shape index (κ2) is 13.0. The van der Waals surface area contributed by atoms with E-state index in [-0.39, 0.29) is 18.8 Å². The van der Waals surface area contributed by atoms with Crippen molar-refractivity contribution >= 4 is 46.6 Å². The molecular weight excluding hydrogens is 595 g/mol. The molecular formula is C32H28Cl2N2O5S.